The number of methoxy groups -OCH3 is 1. The number of rotatable bonds is 10. The van der Waals surface area contributed by atoms with E-state index >= 15 is 0 Å². The lowest BCUT2D eigenvalue weighted by Gasteiger charge is -2.30. The zero-order valence-electron chi connectivity index (χ0n) is 17.5. The first-order chi connectivity index (χ1) is 14.2. The Kier molecular flexibility index (Phi) is 7.83. The zero-order chi connectivity index (χ0) is 20.6. The molecule has 0 amide bonds. The Morgan fingerprint density at radius 1 is 1.34 bits per heavy atom. The Balaban J connectivity index is 1.82. The van der Waals surface area contributed by atoms with Gasteiger partial charge in [-0.3, -0.25) is 0 Å². The van der Waals surface area contributed by atoms with Crippen LogP contribution in [0.5, 0.6) is 11.5 Å². The summed E-state index contributed by atoms with van der Waals surface area (Å²) < 4.78 is 7.07. The Hall–Kier alpha value is -2.19. The van der Waals surface area contributed by atoms with Crippen molar-refractivity contribution in [1.29, 1.82) is 0 Å². The molecule has 1 saturated carbocycles. The van der Waals surface area contributed by atoms with E-state index in [4.69, 9.17) is 10.5 Å². The van der Waals surface area contributed by atoms with E-state index < -0.39 is 0 Å². The number of nitrogens with two attached hydrogens (primary N) is 1. The standard InChI is InChI=1S/C21H34N6O2/c1-3-4-10-27-21(24-25-26-27)20(17-8-9-19(29-2)18(28)12-17)23-14-16-7-5-6-15(11-16)13-22/h8-9,12,15-16,20,23,28H,3-7,10-11,13-14,22H2,1-2H3. The Morgan fingerprint density at radius 2 is 2.17 bits per heavy atom. The molecule has 1 aliphatic carbocycles. The molecule has 1 heterocycles. The molecule has 0 bridgehead atoms. The predicted octanol–water partition coefficient (Wildman–Crippen LogP) is 2.63. The van der Waals surface area contributed by atoms with E-state index in [1.165, 1.54) is 19.3 Å². The number of benzene rings is 1. The van der Waals surface area contributed by atoms with Gasteiger partial charge < -0.3 is 20.9 Å². The first-order valence-electron chi connectivity index (χ1n) is 10.7. The second kappa shape index (κ2) is 10.5. The number of aromatic hydroxyl groups is 1. The van der Waals surface area contributed by atoms with Gasteiger partial charge in [-0.25, -0.2) is 4.68 Å². The van der Waals surface area contributed by atoms with Gasteiger partial charge in [0.15, 0.2) is 17.3 Å². The van der Waals surface area contributed by atoms with Crippen LogP contribution in [0.1, 0.15) is 62.9 Å². The molecule has 2 aromatic rings. The molecule has 29 heavy (non-hydrogen) atoms. The molecule has 4 N–H and O–H groups in total. The molecular weight excluding hydrogens is 368 g/mol. The molecule has 1 aromatic heterocycles. The van der Waals surface area contributed by atoms with Gasteiger partial charge in [-0.2, -0.15) is 0 Å². The summed E-state index contributed by atoms with van der Waals surface area (Å²) in [5.74, 6) is 2.55. The Bertz CT molecular complexity index is 765. The summed E-state index contributed by atoms with van der Waals surface area (Å²) in [6, 6.07) is 5.28. The van der Waals surface area contributed by atoms with Crippen molar-refractivity contribution in [3.8, 4) is 11.5 Å². The molecule has 8 nitrogen and oxygen atoms in total. The molecule has 0 aliphatic heterocycles. The van der Waals surface area contributed by atoms with E-state index in [9.17, 15) is 5.11 Å². The highest BCUT2D eigenvalue weighted by Gasteiger charge is 2.26. The van der Waals surface area contributed by atoms with Crippen molar-refractivity contribution in [2.75, 3.05) is 20.2 Å². The molecule has 0 spiro atoms. The van der Waals surface area contributed by atoms with Crippen LogP contribution in [-0.2, 0) is 6.54 Å². The van der Waals surface area contributed by atoms with E-state index in [2.05, 4.69) is 27.8 Å². The van der Waals surface area contributed by atoms with Crippen LogP contribution in [-0.4, -0.2) is 45.5 Å². The summed E-state index contributed by atoms with van der Waals surface area (Å²) in [5.41, 5.74) is 6.83. The lowest BCUT2D eigenvalue weighted by molar-refractivity contribution is 0.259. The molecule has 0 saturated heterocycles. The van der Waals surface area contributed by atoms with Gasteiger partial charge in [-0.15, -0.1) is 5.10 Å². The monoisotopic (exact) mass is 402 g/mol. The first-order valence-corrected chi connectivity index (χ1v) is 10.7. The number of unbranched alkanes of at least 4 members (excludes halogenated alkanes) is 1. The molecular formula is C21H34N6O2. The third-order valence-electron chi connectivity index (χ3n) is 5.91. The molecule has 0 radical (unpaired) electrons. The lowest BCUT2D eigenvalue weighted by Crippen LogP contribution is -2.33. The van der Waals surface area contributed by atoms with Crippen molar-refractivity contribution in [1.82, 2.24) is 25.5 Å². The number of hydrogen-bond donors (Lipinski definition) is 3. The van der Waals surface area contributed by atoms with Gasteiger partial charge in [0.25, 0.3) is 0 Å². The van der Waals surface area contributed by atoms with Crippen molar-refractivity contribution < 1.29 is 9.84 Å². The Labute approximate surface area is 172 Å². The highest BCUT2D eigenvalue weighted by molar-refractivity contribution is 5.43. The number of nitrogens with zero attached hydrogens (tertiary/aromatic N) is 4. The fraction of sp³-hybridized carbons (Fsp3) is 0.667. The smallest absolute Gasteiger partial charge is 0.172 e. The van der Waals surface area contributed by atoms with Gasteiger partial charge in [-0.1, -0.05) is 25.8 Å². The van der Waals surface area contributed by atoms with Crippen molar-refractivity contribution >= 4 is 0 Å². The number of hydrogen-bond acceptors (Lipinski definition) is 7. The number of tetrazole rings is 1. The summed E-state index contributed by atoms with van der Waals surface area (Å²) in [6.45, 7) is 4.56. The highest BCUT2D eigenvalue weighted by atomic mass is 16.5. The van der Waals surface area contributed by atoms with Gasteiger partial charge in [0.05, 0.1) is 13.2 Å². The van der Waals surface area contributed by atoms with Crippen LogP contribution in [0.25, 0.3) is 0 Å². The van der Waals surface area contributed by atoms with Gasteiger partial charge in [0.2, 0.25) is 0 Å². The van der Waals surface area contributed by atoms with Crippen molar-refractivity contribution in [2.45, 2.75) is 58.0 Å². The van der Waals surface area contributed by atoms with Crippen LogP contribution in [0.2, 0.25) is 0 Å². The second-order valence-corrected chi connectivity index (χ2v) is 8.02. The molecule has 1 aromatic carbocycles. The minimum absolute atomic E-state index is 0.116. The second-order valence-electron chi connectivity index (χ2n) is 8.02. The summed E-state index contributed by atoms with van der Waals surface area (Å²) in [5, 5.41) is 26.4. The van der Waals surface area contributed by atoms with E-state index in [1.807, 2.05) is 10.7 Å². The maximum atomic E-state index is 10.3. The van der Waals surface area contributed by atoms with Crippen molar-refractivity contribution in [3.63, 3.8) is 0 Å². The number of aryl methyl sites for hydroxylation is 1. The number of ether oxygens (including phenoxy) is 1. The third-order valence-corrected chi connectivity index (χ3v) is 5.91. The maximum absolute atomic E-state index is 10.3. The van der Waals surface area contributed by atoms with E-state index in [0.717, 1.165) is 50.3 Å². The van der Waals surface area contributed by atoms with Gasteiger partial charge in [0.1, 0.15) is 0 Å². The Morgan fingerprint density at radius 3 is 2.90 bits per heavy atom. The number of nitrogens with one attached hydrogen (secondary N) is 1. The van der Waals surface area contributed by atoms with Gasteiger partial charge in [-0.05, 0) is 78.7 Å². The summed E-state index contributed by atoms with van der Waals surface area (Å²) in [4.78, 5) is 0. The normalized spacial score (nSPS) is 20.5. The van der Waals surface area contributed by atoms with Gasteiger partial charge in [0, 0.05) is 6.54 Å². The number of phenolic OH excluding ortho intramolecular Hbond substituents is 1. The average molecular weight is 403 g/mol. The van der Waals surface area contributed by atoms with Crippen LogP contribution in [0, 0.1) is 11.8 Å². The van der Waals surface area contributed by atoms with Crippen molar-refractivity contribution in [3.05, 3.63) is 29.6 Å². The average Bonchev–Trinajstić information content (AvgIpc) is 3.21. The minimum atomic E-state index is -0.197. The fourth-order valence-electron chi connectivity index (χ4n) is 4.22. The maximum Gasteiger partial charge on any atom is 0.172 e. The largest absolute Gasteiger partial charge is 0.504 e. The minimum Gasteiger partial charge on any atom is -0.504 e. The first kappa shape index (κ1) is 21.5. The van der Waals surface area contributed by atoms with Crippen LogP contribution >= 0.6 is 0 Å². The zero-order valence-corrected chi connectivity index (χ0v) is 17.5. The molecule has 3 rings (SSSR count). The SMILES string of the molecule is CCCCn1nnnc1C(NCC1CCCC(CN)C1)c1ccc(OC)c(O)c1. The quantitative estimate of drug-likeness (QED) is 0.560. The highest BCUT2D eigenvalue weighted by Crippen LogP contribution is 2.32. The molecule has 8 heteroatoms. The summed E-state index contributed by atoms with van der Waals surface area (Å²) in [6.07, 6.45) is 6.92. The molecule has 1 aliphatic rings. The molecule has 3 unspecified atom stereocenters. The molecule has 160 valence electrons. The number of aromatic nitrogens is 4. The van der Waals surface area contributed by atoms with Crippen molar-refractivity contribution in [2.24, 2.45) is 17.6 Å². The van der Waals surface area contributed by atoms with Crippen LogP contribution in [0.15, 0.2) is 18.2 Å². The summed E-state index contributed by atoms with van der Waals surface area (Å²) >= 11 is 0. The van der Waals surface area contributed by atoms with Gasteiger partial charge >= 0.3 is 0 Å². The number of phenols is 1. The molecule has 1 fully saturated rings. The predicted molar refractivity (Wildman–Crippen MR) is 112 cm³/mol. The van der Waals surface area contributed by atoms with Crippen LogP contribution < -0.4 is 15.8 Å². The van der Waals surface area contributed by atoms with Crippen LogP contribution in [0.3, 0.4) is 0 Å². The van der Waals surface area contributed by atoms with Crippen LogP contribution in [0.4, 0.5) is 0 Å². The van der Waals surface area contributed by atoms with E-state index in [1.54, 1.807) is 19.2 Å². The van der Waals surface area contributed by atoms with E-state index in [0.29, 0.717) is 17.6 Å². The fourth-order valence-corrected chi connectivity index (χ4v) is 4.22. The topological polar surface area (TPSA) is 111 Å². The van der Waals surface area contributed by atoms with E-state index in [-0.39, 0.29) is 11.8 Å². The molecule has 3 atom stereocenters. The summed E-state index contributed by atoms with van der Waals surface area (Å²) in [7, 11) is 1.55. The third kappa shape index (κ3) is 5.45. The lowest BCUT2D eigenvalue weighted by atomic mass is 9.81.